The molecule has 0 aromatic carbocycles. The molecule has 3 heteroatoms. The summed E-state index contributed by atoms with van der Waals surface area (Å²) in [5, 5.41) is 0. The lowest BCUT2D eigenvalue weighted by Crippen LogP contribution is -2.70. The van der Waals surface area contributed by atoms with Crippen LogP contribution in [0.5, 0.6) is 0 Å². The van der Waals surface area contributed by atoms with E-state index >= 15 is 0 Å². The van der Waals surface area contributed by atoms with Gasteiger partial charge in [0.1, 0.15) is 6.04 Å². The summed E-state index contributed by atoms with van der Waals surface area (Å²) in [6.07, 6.45) is 4.95. The number of nitrogens with two attached hydrogens (primary N) is 1. The van der Waals surface area contributed by atoms with Gasteiger partial charge in [0.15, 0.2) is 0 Å². The maximum Gasteiger partial charge on any atom is 0.241 e. The minimum atomic E-state index is -0.221. The molecule has 1 amide bonds. The molecule has 0 spiro atoms. The summed E-state index contributed by atoms with van der Waals surface area (Å²) in [5.41, 5.74) is 5.72. The highest BCUT2D eigenvalue weighted by Crippen LogP contribution is 2.40. The lowest BCUT2D eigenvalue weighted by Gasteiger charge is -2.54. The third kappa shape index (κ3) is 1.26. The van der Waals surface area contributed by atoms with E-state index in [1.165, 1.54) is 19.3 Å². The number of hydrogen-bond acceptors (Lipinski definition) is 2. The minimum Gasteiger partial charge on any atom is -0.334 e. The Labute approximate surface area is 85.6 Å². The van der Waals surface area contributed by atoms with E-state index in [-0.39, 0.29) is 17.5 Å². The molecule has 3 nitrogen and oxygen atoms in total. The monoisotopic (exact) mass is 196 g/mol. The first-order valence-corrected chi connectivity index (χ1v) is 5.63. The van der Waals surface area contributed by atoms with Crippen LogP contribution >= 0.6 is 0 Å². The lowest BCUT2D eigenvalue weighted by atomic mass is 9.72. The van der Waals surface area contributed by atoms with Crippen molar-refractivity contribution < 1.29 is 4.79 Å². The van der Waals surface area contributed by atoms with Gasteiger partial charge in [-0.15, -0.1) is 0 Å². The summed E-state index contributed by atoms with van der Waals surface area (Å²) in [4.78, 5) is 13.6. The molecule has 0 aromatic heterocycles. The highest BCUT2D eigenvalue weighted by atomic mass is 16.2. The second-order valence-electron chi connectivity index (χ2n) is 5.06. The maximum absolute atomic E-state index is 11.6. The van der Waals surface area contributed by atoms with Crippen molar-refractivity contribution in [2.24, 2.45) is 11.7 Å². The molecule has 1 saturated heterocycles. The van der Waals surface area contributed by atoms with Crippen LogP contribution < -0.4 is 5.73 Å². The van der Waals surface area contributed by atoms with Crippen molar-refractivity contribution in [2.45, 2.75) is 51.1 Å². The van der Waals surface area contributed by atoms with Crippen LogP contribution in [0.15, 0.2) is 0 Å². The van der Waals surface area contributed by atoms with E-state index in [1.54, 1.807) is 0 Å². The number of likely N-dealkylation sites (tertiary alicyclic amines) is 1. The molecule has 14 heavy (non-hydrogen) atoms. The molecule has 0 aromatic rings. The topological polar surface area (TPSA) is 46.3 Å². The highest BCUT2D eigenvalue weighted by Gasteiger charge is 2.48. The molecule has 2 aliphatic rings. The van der Waals surface area contributed by atoms with E-state index in [0.29, 0.717) is 5.92 Å². The molecule has 0 bridgehead atoms. The molecule has 3 atom stereocenters. The van der Waals surface area contributed by atoms with Crippen LogP contribution in [0.3, 0.4) is 0 Å². The van der Waals surface area contributed by atoms with E-state index in [4.69, 9.17) is 5.73 Å². The Bertz CT molecular complexity index is 254. The molecule has 0 radical (unpaired) electrons. The van der Waals surface area contributed by atoms with Gasteiger partial charge in [-0.3, -0.25) is 4.79 Å². The molecule has 1 aliphatic carbocycles. The van der Waals surface area contributed by atoms with E-state index < -0.39 is 0 Å². The van der Waals surface area contributed by atoms with Crippen LogP contribution in [-0.4, -0.2) is 28.9 Å². The quantitative estimate of drug-likeness (QED) is 0.639. The maximum atomic E-state index is 11.6. The van der Waals surface area contributed by atoms with Gasteiger partial charge >= 0.3 is 0 Å². The number of rotatable bonds is 1. The zero-order chi connectivity index (χ0) is 10.3. The van der Waals surface area contributed by atoms with Crippen LogP contribution in [0.2, 0.25) is 0 Å². The van der Waals surface area contributed by atoms with Crippen molar-refractivity contribution in [1.82, 2.24) is 4.90 Å². The Kier molecular flexibility index (Phi) is 2.30. The van der Waals surface area contributed by atoms with Crippen LogP contribution in [0, 0.1) is 5.92 Å². The summed E-state index contributed by atoms with van der Waals surface area (Å²) in [6.45, 7) is 5.25. The third-order valence-corrected chi connectivity index (χ3v) is 4.21. The zero-order valence-corrected chi connectivity index (χ0v) is 9.12. The Morgan fingerprint density at radius 1 is 1.50 bits per heavy atom. The Balaban J connectivity index is 2.11. The van der Waals surface area contributed by atoms with E-state index in [9.17, 15) is 4.79 Å². The predicted octanol–water partition coefficient (Wildman–Crippen LogP) is 1.12. The van der Waals surface area contributed by atoms with Gasteiger partial charge in [0.2, 0.25) is 5.91 Å². The van der Waals surface area contributed by atoms with Crippen molar-refractivity contribution >= 4 is 5.91 Å². The number of carbonyl (C=O) groups is 1. The summed E-state index contributed by atoms with van der Waals surface area (Å²) in [6, 6.07) is -0.221. The molecule has 1 saturated carbocycles. The molecule has 3 unspecified atom stereocenters. The molecule has 2 rings (SSSR count). The number of hydrogen-bond donors (Lipinski definition) is 1. The molecule has 2 fully saturated rings. The highest BCUT2D eigenvalue weighted by molar-refractivity contribution is 5.88. The first-order chi connectivity index (χ1) is 6.55. The van der Waals surface area contributed by atoms with Crippen molar-refractivity contribution in [3.63, 3.8) is 0 Å². The van der Waals surface area contributed by atoms with E-state index in [0.717, 1.165) is 13.0 Å². The molecule has 1 heterocycles. The Hall–Kier alpha value is -0.570. The normalized spacial score (nSPS) is 43.6. The molecule has 2 N–H and O–H groups in total. The third-order valence-electron chi connectivity index (χ3n) is 4.21. The molecule has 1 aliphatic heterocycles. The van der Waals surface area contributed by atoms with Crippen molar-refractivity contribution in [3.8, 4) is 0 Å². The fourth-order valence-electron chi connectivity index (χ4n) is 2.80. The largest absolute Gasteiger partial charge is 0.334 e. The molecular weight excluding hydrogens is 176 g/mol. The van der Waals surface area contributed by atoms with Gasteiger partial charge in [-0.05, 0) is 25.7 Å². The van der Waals surface area contributed by atoms with Gasteiger partial charge in [-0.25, -0.2) is 0 Å². The molecular formula is C11H20N2O. The van der Waals surface area contributed by atoms with Crippen LogP contribution in [0.4, 0.5) is 0 Å². The first kappa shape index (κ1) is 9.97. The van der Waals surface area contributed by atoms with Gasteiger partial charge in [0.25, 0.3) is 0 Å². The van der Waals surface area contributed by atoms with Crippen molar-refractivity contribution in [3.05, 3.63) is 0 Å². The van der Waals surface area contributed by atoms with Crippen molar-refractivity contribution in [2.75, 3.05) is 6.54 Å². The van der Waals surface area contributed by atoms with Crippen molar-refractivity contribution in [1.29, 1.82) is 0 Å². The van der Waals surface area contributed by atoms with Crippen LogP contribution in [0.1, 0.15) is 39.5 Å². The SMILES string of the molecule is CC1CCCCC1(C)N1CC(N)C1=O. The van der Waals surface area contributed by atoms with Crippen LogP contribution in [-0.2, 0) is 4.79 Å². The average Bonchev–Trinajstić information content (AvgIpc) is 2.18. The van der Waals surface area contributed by atoms with Gasteiger partial charge in [0, 0.05) is 12.1 Å². The number of β-lactam (4-membered cyclic amide) rings is 1. The second kappa shape index (κ2) is 3.23. The Morgan fingerprint density at radius 2 is 2.21 bits per heavy atom. The molecule has 80 valence electrons. The fourth-order valence-corrected chi connectivity index (χ4v) is 2.80. The number of carbonyl (C=O) groups excluding carboxylic acids is 1. The second-order valence-corrected chi connectivity index (χ2v) is 5.06. The van der Waals surface area contributed by atoms with Crippen LogP contribution in [0.25, 0.3) is 0 Å². The average molecular weight is 196 g/mol. The van der Waals surface area contributed by atoms with E-state index in [2.05, 4.69) is 13.8 Å². The predicted molar refractivity (Wildman–Crippen MR) is 55.7 cm³/mol. The lowest BCUT2D eigenvalue weighted by molar-refractivity contribution is -0.155. The standard InChI is InChI=1S/C11H20N2O/c1-8-5-3-4-6-11(8,2)13-7-9(12)10(13)14/h8-9H,3-7,12H2,1-2H3. The van der Waals surface area contributed by atoms with Gasteiger partial charge in [0.05, 0.1) is 0 Å². The smallest absolute Gasteiger partial charge is 0.241 e. The summed E-state index contributed by atoms with van der Waals surface area (Å²) in [5.74, 6) is 0.772. The number of amides is 1. The number of nitrogens with zero attached hydrogens (tertiary/aromatic N) is 1. The van der Waals surface area contributed by atoms with Gasteiger partial charge in [-0.2, -0.15) is 0 Å². The minimum absolute atomic E-state index is 0.0885. The fraction of sp³-hybridized carbons (Fsp3) is 0.909. The Morgan fingerprint density at radius 3 is 2.71 bits per heavy atom. The van der Waals surface area contributed by atoms with Gasteiger partial charge < -0.3 is 10.6 Å². The zero-order valence-electron chi connectivity index (χ0n) is 9.12. The first-order valence-electron chi connectivity index (χ1n) is 5.63. The summed E-state index contributed by atoms with van der Waals surface area (Å²) >= 11 is 0. The van der Waals surface area contributed by atoms with E-state index in [1.807, 2.05) is 4.90 Å². The summed E-state index contributed by atoms with van der Waals surface area (Å²) in [7, 11) is 0. The van der Waals surface area contributed by atoms with Gasteiger partial charge in [-0.1, -0.05) is 19.8 Å². The summed E-state index contributed by atoms with van der Waals surface area (Å²) < 4.78 is 0.